The van der Waals surface area contributed by atoms with Crippen LogP contribution in [0.3, 0.4) is 0 Å². The van der Waals surface area contributed by atoms with E-state index in [2.05, 4.69) is 0 Å². The first-order chi connectivity index (χ1) is 8.68. The summed E-state index contributed by atoms with van der Waals surface area (Å²) in [6, 6.07) is 11.7. The van der Waals surface area contributed by atoms with Gasteiger partial charge >= 0.3 is 0 Å². The van der Waals surface area contributed by atoms with Gasteiger partial charge in [-0.3, -0.25) is 9.59 Å². The molecule has 2 aromatic rings. The van der Waals surface area contributed by atoms with Gasteiger partial charge in [-0.1, -0.05) is 30.3 Å². The van der Waals surface area contributed by atoms with E-state index < -0.39 is 5.78 Å². The van der Waals surface area contributed by atoms with Crippen LogP contribution in [0.5, 0.6) is 0 Å². The molecular formula is C14H11NO3. The quantitative estimate of drug-likeness (QED) is 0.657. The van der Waals surface area contributed by atoms with Crippen LogP contribution in [0.1, 0.15) is 20.9 Å². The lowest BCUT2D eigenvalue weighted by atomic mass is 10.1. The zero-order chi connectivity index (χ0) is 13.0. The highest BCUT2D eigenvalue weighted by atomic mass is 16.3. The number of allylic oxidation sites excluding steroid dienone is 2. The Labute approximate surface area is 104 Å². The molecule has 0 saturated heterocycles. The van der Waals surface area contributed by atoms with E-state index in [4.69, 9.17) is 10.2 Å². The van der Waals surface area contributed by atoms with Crippen LogP contribution in [0.15, 0.2) is 64.9 Å². The summed E-state index contributed by atoms with van der Waals surface area (Å²) in [5.74, 6) is -0.693. The van der Waals surface area contributed by atoms with Crippen molar-refractivity contribution in [3.63, 3.8) is 0 Å². The Morgan fingerprint density at radius 2 is 1.78 bits per heavy atom. The summed E-state index contributed by atoms with van der Waals surface area (Å²) in [6.07, 6.45) is 2.49. The van der Waals surface area contributed by atoms with Gasteiger partial charge in [-0.15, -0.1) is 0 Å². The van der Waals surface area contributed by atoms with E-state index in [1.165, 1.54) is 12.3 Å². The van der Waals surface area contributed by atoms with Crippen LogP contribution in [0.2, 0.25) is 0 Å². The SMILES string of the molecule is NC(=CC(=O)c1ccccc1)C(=O)c1ccco1. The zero-order valence-corrected chi connectivity index (χ0v) is 9.50. The monoisotopic (exact) mass is 241 g/mol. The first kappa shape index (κ1) is 11.9. The Morgan fingerprint density at radius 1 is 1.06 bits per heavy atom. The molecule has 0 aliphatic carbocycles. The summed E-state index contributed by atoms with van der Waals surface area (Å²) < 4.78 is 4.92. The van der Waals surface area contributed by atoms with E-state index in [1.54, 1.807) is 36.4 Å². The van der Waals surface area contributed by atoms with Crippen molar-refractivity contribution in [2.24, 2.45) is 5.73 Å². The third-order valence-corrected chi connectivity index (χ3v) is 2.35. The fourth-order valence-electron chi connectivity index (χ4n) is 1.44. The van der Waals surface area contributed by atoms with Crippen LogP contribution in [-0.4, -0.2) is 11.6 Å². The third-order valence-electron chi connectivity index (χ3n) is 2.35. The molecule has 0 spiro atoms. The van der Waals surface area contributed by atoms with E-state index in [0.29, 0.717) is 5.56 Å². The second kappa shape index (κ2) is 5.14. The van der Waals surface area contributed by atoms with Crippen molar-refractivity contribution >= 4 is 11.6 Å². The molecule has 90 valence electrons. The molecule has 0 bridgehead atoms. The number of ketones is 2. The third kappa shape index (κ3) is 2.55. The minimum Gasteiger partial charge on any atom is -0.461 e. The van der Waals surface area contributed by atoms with Crippen LogP contribution in [-0.2, 0) is 0 Å². The van der Waals surface area contributed by atoms with Crippen molar-refractivity contribution in [1.82, 2.24) is 0 Å². The molecule has 4 nitrogen and oxygen atoms in total. The molecule has 0 atom stereocenters. The van der Waals surface area contributed by atoms with Crippen LogP contribution >= 0.6 is 0 Å². The zero-order valence-electron chi connectivity index (χ0n) is 9.50. The second-order valence-electron chi connectivity index (χ2n) is 3.64. The molecule has 0 amide bonds. The van der Waals surface area contributed by atoms with Crippen molar-refractivity contribution in [3.8, 4) is 0 Å². The molecule has 1 aromatic heterocycles. The molecule has 4 heteroatoms. The predicted molar refractivity (Wildman–Crippen MR) is 66.1 cm³/mol. The van der Waals surface area contributed by atoms with Crippen molar-refractivity contribution in [2.75, 3.05) is 0 Å². The standard InChI is InChI=1S/C14H11NO3/c15-11(14(17)13-7-4-8-18-13)9-12(16)10-5-2-1-3-6-10/h1-9H,15H2. The van der Waals surface area contributed by atoms with Crippen LogP contribution in [0, 0.1) is 0 Å². The highest BCUT2D eigenvalue weighted by Crippen LogP contribution is 2.07. The smallest absolute Gasteiger partial charge is 0.243 e. The molecule has 1 heterocycles. The topological polar surface area (TPSA) is 73.3 Å². The fourth-order valence-corrected chi connectivity index (χ4v) is 1.44. The lowest BCUT2D eigenvalue weighted by Crippen LogP contribution is -2.13. The van der Waals surface area contributed by atoms with Gasteiger partial charge < -0.3 is 10.2 Å². The van der Waals surface area contributed by atoms with Gasteiger partial charge in [0.25, 0.3) is 0 Å². The van der Waals surface area contributed by atoms with Crippen molar-refractivity contribution < 1.29 is 14.0 Å². The Balaban J connectivity index is 2.19. The number of furan rings is 1. The number of hydrogen-bond donors (Lipinski definition) is 1. The lowest BCUT2D eigenvalue weighted by Gasteiger charge is -1.98. The minimum atomic E-state index is -0.496. The summed E-state index contributed by atoms with van der Waals surface area (Å²) in [7, 11) is 0. The predicted octanol–water partition coefficient (Wildman–Crippen LogP) is 2.19. The Kier molecular flexibility index (Phi) is 3.38. The Bertz CT molecular complexity index is 583. The molecule has 0 unspecified atom stereocenters. The summed E-state index contributed by atoms with van der Waals surface area (Å²) in [5, 5.41) is 0. The number of Topliss-reactive ketones (excluding diaryl/α,β-unsaturated/α-hetero) is 1. The molecule has 18 heavy (non-hydrogen) atoms. The maximum atomic E-state index is 11.8. The van der Waals surface area contributed by atoms with Gasteiger partial charge in [-0.25, -0.2) is 0 Å². The number of rotatable bonds is 4. The van der Waals surface area contributed by atoms with Crippen molar-refractivity contribution in [2.45, 2.75) is 0 Å². The number of carbonyl (C=O) groups excluding carboxylic acids is 2. The lowest BCUT2D eigenvalue weighted by molar-refractivity contribution is 0.0989. The van der Waals surface area contributed by atoms with Gasteiger partial charge in [0, 0.05) is 11.6 Å². The molecule has 0 aliphatic heterocycles. The molecule has 2 N–H and O–H groups in total. The molecule has 0 radical (unpaired) electrons. The molecule has 2 rings (SSSR count). The maximum Gasteiger partial charge on any atom is 0.243 e. The highest BCUT2D eigenvalue weighted by molar-refractivity contribution is 6.13. The summed E-state index contributed by atoms with van der Waals surface area (Å²) >= 11 is 0. The maximum absolute atomic E-state index is 11.8. The van der Waals surface area contributed by atoms with Gasteiger partial charge in [-0.2, -0.15) is 0 Å². The Morgan fingerprint density at radius 3 is 2.39 bits per heavy atom. The van der Waals surface area contributed by atoms with E-state index in [1.807, 2.05) is 0 Å². The van der Waals surface area contributed by atoms with Crippen molar-refractivity contribution in [1.29, 1.82) is 0 Å². The van der Waals surface area contributed by atoms with Gasteiger partial charge in [-0.05, 0) is 12.1 Å². The number of nitrogens with two attached hydrogens (primary N) is 1. The van der Waals surface area contributed by atoms with Gasteiger partial charge in [0.15, 0.2) is 11.5 Å². The normalized spacial score (nSPS) is 11.2. The summed E-state index contributed by atoms with van der Waals surface area (Å²) in [6.45, 7) is 0. The number of hydrogen-bond acceptors (Lipinski definition) is 4. The minimum absolute atomic E-state index is 0.115. The molecule has 0 aliphatic rings. The number of benzene rings is 1. The fraction of sp³-hybridized carbons (Fsp3) is 0. The second-order valence-corrected chi connectivity index (χ2v) is 3.64. The first-order valence-electron chi connectivity index (χ1n) is 5.33. The van der Waals surface area contributed by atoms with E-state index in [9.17, 15) is 9.59 Å². The van der Waals surface area contributed by atoms with Gasteiger partial charge in [0.05, 0.1) is 12.0 Å². The van der Waals surface area contributed by atoms with E-state index in [0.717, 1.165) is 6.08 Å². The summed E-state index contributed by atoms with van der Waals surface area (Å²) in [4.78, 5) is 23.5. The van der Waals surface area contributed by atoms with E-state index >= 15 is 0 Å². The van der Waals surface area contributed by atoms with Crippen LogP contribution in [0.4, 0.5) is 0 Å². The first-order valence-corrected chi connectivity index (χ1v) is 5.33. The molecule has 0 fully saturated rings. The molecule has 0 saturated carbocycles. The van der Waals surface area contributed by atoms with E-state index in [-0.39, 0.29) is 17.2 Å². The number of carbonyl (C=O) groups is 2. The largest absolute Gasteiger partial charge is 0.461 e. The summed E-state index contributed by atoms with van der Waals surface area (Å²) in [5.41, 5.74) is 5.92. The average Bonchev–Trinajstić information content (AvgIpc) is 2.92. The van der Waals surface area contributed by atoms with Gasteiger partial charge in [0.2, 0.25) is 5.78 Å². The average molecular weight is 241 g/mol. The Hall–Kier alpha value is -2.62. The van der Waals surface area contributed by atoms with Crippen molar-refractivity contribution in [3.05, 3.63) is 71.8 Å². The van der Waals surface area contributed by atoms with Crippen LogP contribution < -0.4 is 5.73 Å². The molecular weight excluding hydrogens is 230 g/mol. The highest BCUT2D eigenvalue weighted by Gasteiger charge is 2.13. The van der Waals surface area contributed by atoms with Crippen LogP contribution in [0.25, 0.3) is 0 Å². The van der Waals surface area contributed by atoms with Gasteiger partial charge in [0.1, 0.15) is 0 Å². The molecule has 1 aromatic carbocycles.